The number of rotatable bonds is 4. The van der Waals surface area contributed by atoms with E-state index < -0.39 is 0 Å². The standard InChI is InChI=1S/C11H13BrN2/c1-9-8-10(12)4-5-11(9)14-7-3-2-6-13/h4-5,8,14H,2-3,7H2,1H3. The molecule has 0 heterocycles. The molecule has 3 heteroatoms. The average Bonchev–Trinajstić information content (AvgIpc) is 2.15. The number of aryl methyl sites for hydroxylation is 1. The Hall–Kier alpha value is -1.01. The fourth-order valence-corrected chi connectivity index (χ4v) is 1.69. The highest BCUT2D eigenvalue weighted by atomic mass is 79.9. The molecule has 0 fully saturated rings. The Morgan fingerprint density at radius 2 is 2.29 bits per heavy atom. The maximum absolute atomic E-state index is 8.37. The SMILES string of the molecule is Cc1cc(Br)ccc1NCCCC#N. The molecule has 0 aliphatic carbocycles. The highest BCUT2D eigenvalue weighted by Gasteiger charge is 1.97. The number of anilines is 1. The van der Waals surface area contributed by atoms with Gasteiger partial charge in [-0.25, -0.2) is 0 Å². The number of unbranched alkanes of at least 4 members (excludes halogenated alkanes) is 1. The van der Waals surface area contributed by atoms with Gasteiger partial charge in [0.15, 0.2) is 0 Å². The second-order valence-electron chi connectivity index (χ2n) is 3.15. The number of nitriles is 1. The van der Waals surface area contributed by atoms with Crippen LogP contribution >= 0.6 is 15.9 Å². The molecule has 1 rings (SSSR count). The molecule has 0 aromatic heterocycles. The number of nitrogens with zero attached hydrogens (tertiary/aromatic N) is 1. The van der Waals surface area contributed by atoms with Crippen LogP contribution < -0.4 is 5.32 Å². The summed E-state index contributed by atoms with van der Waals surface area (Å²) in [4.78, 5) is 0. The summed E-state index contributed by atoms with van der Waals surface area (Å²) in [6, 6.07) is 8.27. The number of hydrogen-bond donors (Lipinski definition) is 1. The molecule has 0 radical (unpaired) electrons. The maximum atomic E-state index is 8.37. The van der Waals surface area contributed by atoms with Crippen molar-refractivity contribution < 1.29 is 0 Å². The van der Waals surface area contributed by atoms with E-state index in [0.717, 1.165) is 23.1 Å². The van der Waals surface area contributed by atoms with E-state index in [9.17, 15) is 0 Å². The first-order valence-corrected chi connectivity index (χ1v) is 5.40. The molecule has 0 unspecified atom stereocenters. The minimum atomic E-state index is 0.614. The molecule has 74 valence electrons. The quantitative estimate of drug-likeness (QED) is 0.834. The van der Waals surface area contributed by atoms with Gasteiger partial charge in [-0.15, -0.1) is 0 Å². The van der Waals surface area contributed by atoms with Crippen molar-refractivity contribution in [2.45, 2.75) is 19.8 Å². The monoisotopic (exact) mass is 252 g/mol. The Labute approximate surface area is 93.1 Å². The van der Waals surface area contributed by atoms with Crippen molar-refractivity contribution in [3.05, 3.63) is 28.2 Å². The maximum Gasteiger partial charge on any atom is 0.0622 e. The molecule has 1 N–H and O–H groups in total. The molecule has 1 aromatic rings. The smallest absolute Gasteiger partial charge is 0.0622 e. The van der Waals surface area contributed by atoms with E-state index in [1.807, 2.05) is 12.1 Å². The van der Waals surface area contributed by atoms with Gasteiger partial charge in [0.25, 0.3) is 0 Å². The summed E-state index contributed by atoms with van der Waals surface area (Å²) in [5.41, 5.74) is 2.36. The molecule has 14 heavy (non-hydrogen) atoms. The van der Waals surface area contributed by atoms with Crippen molar-refractivity contribution in [1.82, 2.24) is 0 Å². The van der Waals surface area contributed by atoms with Crippen molar-refractivity contribution >= 4 is 21.6 Å². The number of hydrogen-bond acceptors (Lipinski definition) is 2. The molecule has 0 saturated carbocycles. The van der Waals surface area contributed by atoms with Gasteiger partial charge >= 0.3 is 0 Å². The van der Waals surface area contributed by atoms with Gasteiger partial charge in [0.05, 0.1) is 6.07 Å². The van der Waals surface area contributed by atoms with Crippen LogP contribution in [0.15, 0.2) is 22.7 Å². The van der Waals surface area contributed by atoms with Gasteiger partial charge in [0.1, 0.15) is 0 Å². The molecule has 0 bridgehead atoms. The Morgan fingerprint density at radius 3 is 2.93 bits per heavy atom. The summed E-state index contributed by atoms with van der Waals surface area (Å²) in [5.74, 6) is 0. The van der Waals surface area contributed by atoms with Crippen LogP contribution in [0, 0.1) is 18.3 Å². The van der Waals surface area contributed by atoms with Crippen molar-refractivity contribution in [3.63, 3.8) is 0 Å². The van der Waals surface area contributed by atoms with E-state index in [0.29, 0.717) is 6.42 Å². The minimum absolute atomic E-state index is 0.614. The summed E-state index contributed by atoms with van der Waals surface area (Å²) in [7, 11) is 0. The van der Waals surface area contributed by atoms with E-state index in [1.165, 1.54) is 5.56 Å². The number of halogens is 1. The van der Waals surface area contributed by atoms with Gasteiger partial charge in [-0.2, -0.15) is 5.26 Å². The second kappa shape index (κ2) is 5.66. The fourth-order valence-electron chi connectivity index (χ4n) is 1.22. The molecular weight excluding hydrogens is 240 g/mol. The predicted octanol–water partition coefficient (Wildman–Crippen LogP) is 3.47. The molecular formula is C11H13BrN2. The molecule has 0 amide bonds. The van der Waals surface area contributed by atoms with Crippen molar-refractivity contribution in [3.8, 4) is 6.07 Å². The highest BCUT2D eigenvalue weighted by molar-refractivity contribution is 9.10. The first-order valence-electron chi connectivity index (χ1n) is 4.61. The topological polar surface area (TPSA) is 35.8 Å². The molecule has 0 spiro atoms. The van der Waals surface area contributed by atoms with Crippen molar-refractivity contribution in [2.75, 3.05) is 11.9 Å². The lowest BCUT2D eigenvalue weighted by atomic mass is 10.2. The Balaban J connectivity index is 2.47. The van der Waals surface area contributed by atoms with E-state index in [2.05, 4.69) is 40.3 Å². The minimum Gasteiger partial charge on any atom is -0.385 e. The van der Waals surface area contributed by atoms with Crippen LogP contribution in [0.5, 0.6) is 0 Å². The van der Waals surface area contributed by atoms with Crippen LogP contribution in [0.4, 0.5) is 5.69 Å². The van der Waals surface area contributed by atoms with Gasteiger partial charge in [-0.1, -0.05) is 15.9 Å². The van der Waals surface area contributed by atoms with Gasteiger partial charge in [0.2, 0.25) is 0 Å². The normalized spacial score (nSPS) is 9.50. The van der Waals surface area contributed by atoms with E-state index >= 15 is 0 Å². The van der Waals surface area contributed by atoms with Gasteiger partial charge in [-0.3, -0.25) is 0 Å². The van der Waals surface area contributed by atoms with Gasteiger partial charge in [-0.05, 0) is 37.1 Å². The van der Waals surface area contributed by atoms with Crippen LogP contribution in [0.25, 0.3) is 0 Å². The summed E-state index contributed by atoms with van der Waals surface area (Å²) in [5, 5.41) is 11.7. The lowest BCUT2D eigenvalue weighted by molar-refractivity contribution is 0.896. The van der Waals surface area contributed by atoms with Gasteiger partial charge < -0.3 is 5.32 Å². The van der Waals surface area contributed by atoms with Crippen LogP contribution in [-0.2, 0) is 0 Å². The molecule has 1 aromatic carbocycles. The summed E-state index contributed by atoms with van der Waals surface area (Å²) in [6.07, 6.45) is 1.51. The third-order valence-corrected chi connectivity index (χ3v) is 2.46. The summed E-state index contributed by atoms with van der Waals surface area (Å²) in [6.45, 7) is 2.92. The average molecular weight is 253 g/mol. The first kappa shape index (κ1) is 11.1. The first-order chi connectivity index (χ1) is 6.74. The zero-order valence-corrected chi connectivity index (χ0v) is 9.76. The fraction of sp³-hybridized carbons (Fsp3) is 0.364. The Bertz CT molecular complexity index is 342. The summed E-state index contributed by atoms with van der Waals surface area (Å²) < 4.78 is 1.09. The van der Waals surface area contributed by atoms with Gasteiger partial charge in [0, 0.05) is 23.1 Å². The molecule has 0 aliphatic rings. The molecule has 0 atom stereocenters. The van der Waals surface area contributed by atoms with Crippen LogP contribution in [0.3, 0.4) is 0 Å². The zero-order chi connectivity index (χ0) is 10.4. The lowest BCUT2D eigenvalue weighted by Gasteiger charge is -2.08. The van der Waals surface area contributed by atoms with Crippen LogP contribution in [-0.4, -0.2) is 6.54 Å². The number of benzene rings is 1. The molecule has 0 aliphatic heterocycles. The van der Waals surface area contributed by atoms with Crippen LogP contribution in [0.1, 0.15) is 18.4 Å². The Morgan fingerprint density at radius 1 is 1.50 bits per heavy atom. The Kier molecular flexibility index (Phi) is 4.48. The van der Waals surface area contributed by atoms with Crippen LogP contribution in [0.2, 0.25) is 0 Å². The van der Waals surface area contributed by atoms with Crippen molar-refractivity contribution in [1.29, 1.82) is 5.26 Å². The number of nitrogens with one attached hydrogen (secondary N) is 1. The predicted molar refractivity (Wildman–Crippen MR) is 62.2 cm³/mol. The molecule has 2 nitrogen and oxygen atoms in total. The van der Waals surface area contributed by atoms with E-state index in [1.54, 1.807) is 0 Å². The van der Waals surface area contributed by atoms with Crippen molar-refractivity contribution in [2.24, 2.45) is 0 Å². The highest BCUT2D eigenvalue weighted by Crippen LogP contribution is 2.19. The third kappa shape index (κ3) is 3.39. The summed E-state index contributed by atoms with van der Waals surface area (Å²) >= 11 is 3.42. The zero-order valence-electron chi connectivity index (χ0n) is 8.18. The van der Waals surface area contributed by atoms with E-state index in [-0.39, 0.29) is 0 Å². The lowest BCUT2D eigenvalue weighted by Crippen LogP contribution is -2.02. The second-order valence-corrected chi connectivity index (χ2v) is 4.06. The van der Waals surface area contributed by atoms with E-state index in [4.69, 9.17) is 5.26 Å². The largest absolute Gasteiger partial charge is 0.385 e. The molecule has 0 saturated heterocycles. The third-order valence-electron chi connectivity index (χ3n) is 1.97.